The number of ether oxygens (including phenoxy) is 1. The quantitative estimate of drug-likeness (QED) is 0.708. The van der Waals surface area contributed by atoms with Crippen LogP contribution in [-0.4, -0.2) is 37.5 Å². The van der Waals surface area contributed by atoms with E-state index in [1.54, 1.807) is 0 Å². The van der Waals surface area contributed by atoms with E-state index in [0.717, 1.165) is 25.8 Å². The van der Waals surface area contributed by atoms with Gasteiger partial charge in [0.05, 0.1) is 13.2 Å². The van der Waals surface area contributed by atoms with Crippen molar-refractivity contribution in [2.45, 2.75) is 31.2 Å². The highest BCUT2D eigenvalue weighted by molar-refractivity contribution is 5.23. The lowest BCUT2D eigenvalue weighted by Crippen LogP contribution is -2.40. The van der Waals surface area contributed by atoms with Gasteiger partial charge in [0.1, 0.15) is 5.82 Å². The van der Waals surface area contributed by atoms with E-state index in [2.05, 4.69) is 5.32 Å². The molecule has 0 unspecified atom stereocenters. The van der Waals surface area contributed by atoms with E-state index in [1.165, 1.54) is 17.7 Å². The van der Waals surface area contributed by atoms with E-state index >= 15 is 0 Å². The van der Waals surface area contributed by atoms with Crippen LogP contribution in [0.2, 0.25) is 0 Å². The van der Waals surface area contributed by atoms with Crippen LogP contribution in [0.5, 0.6) is 0 Å². The average molecular weight is 267 g/mol. The van der Waals surface area contributed by atoms with Gasteiger partial charge in [-0.2, -0.15) is 0 Å². The van der Waals surface area contributed by atoms with Crippen molar-refractivity contribution < 1.29 is 14.2 Å². The van der Waals surface area contributed by atoms with Crippen LogP contribution < -0.4 is 5.32 Å². The molecule has 4 heteroatoms. The predicted molar refractivity (Wildman–Crippen MR) is 72.7 cm³/mol. The molecule has 1 aromatic rings. The monoisotopic (exact) mass is 267 g/mol. The maximum atomic E-state index is 12.8. The first-order valence-corrected chi connectivity index (χ1v) is 6.97. The zero-order valence-corrected chi connectivity index (χ0v) is 11.1. The molecule has 1 aliphatic carbocycles. The summed E-state index contributed by atoms with van der Waals surface area (Å²) in [6.45, 7) is 2.17. The normalized spacial score (nSPS) is 22.2. The van der Waals surface area contributed by atoms with Gasteiger partial charge in [-0.1, -0.05) is 12.1 Å². The van der Waals surface area contributed by atoms with Crippen molar-refractivity contribution >= 4 is 0 Å². The lowest BCUT2D eigenvalue weighted by molar-refractivity contribution is 0.0897. The summed E-state index contributed by atoms with van der Waals surface area (Å²) >= 11 is 0. The topological polar surface area (TPSA) is 41.5 Å². The van der Waals surface area contributed by atoms with Crippen LogP contribution in [-0.2, 0) is 4.74 Å². The lowest BCUT2D eigenvalue weighted by Gasteiger charge is -2.36. The molecule has 0 radical (unpaired) electrons. The fraction of sp³-hybridized carbons (Fsp3) is 0.600. The van der Waals surface area contributed by atoms with Gasteiger partial charge in [0.25, 0.3) is 0 Å². The first-order valence-electron chi connectivity index (χ1n) is 6.97. The highest BCUT2D eigenvalue weighted by Crippen LogP contribution is 2.36. The van der Waals surface area contributed by atoms with E-state index in [0.29, 0.717) is 25.2 Å². The Balaban J connectivity index is 1.55. The van der Waals surface area contributed by atoms with Gasteiger partial charge in [-0.25, -0.2) is 4.39 Å². The Morgan fingerprint density at radius 2 is 1.95 bits per heavy atom. The van der Waals surface area contributed by atoms with E-state index in [9.17, 15) is 4.39 Å². The molecule has 0 saturated heterocycles. The van der Waals surface area contributed by atoms with Crippen molar-refractivity contribution in [2.75, 3.05) is 26.4 Å². The molecule has 1 fully saturated rings. The molecule has 1 aliphatic rings. The number of rotatable bonds is 8. The highest BCUT2D eigenvalue weighted by atomic mass is 19.1. The zero-order valence-electron chi connectivity index (χ0n) is 11.1. The minimum atomic E-state index is -0.166. The molecule has 0 bridgehead atoms. The molecule has 0 spiro atoms. The van der Waals surface area contributed by atoms with Crippen LogP contribution in [0.4, 0.5) is 4.39 Å². The standard InChI is InChI=1S/C15H22FNO2/c16-14-4-2-12(3-5-14)13-10-15(11-13)17-6-1-8-19-9-7-18/h2-5,13,15,17-18H,1,6-11H2. The van der Waals surface area contributed by atoms with Gasteiger partial charge in [-0.15, -0.1) is 0 Å². The second kappa shape index (κ2) is 7.58. The summed E-state index contributed by atoms with van der Waals surface area (Å²) in [5, 5.41) is 12.0. The molecule has 1 aromatic carbocycles. The van der Waals surface area contributed by atoms with Crippen molar-refractivity contribution in [3.63, 3.8) is 0 Å². The van der Waals surface area contributed by atoms with Crippen LogP contribution in [0.3, 0.4) is 0 Å². The number of nitrogens with one attached hydrogen (secondary N) is 1. The summed E-state index contributed by atoms with van der Waals surface area (Å²) in [5.74, 6) is 0.407. The maximum Gasteiger partial charge on any atom is 0.123 e. The van der Waals surface area contributed by atoms with Crippen LogP contribution in [0.15, 0.2) is 24.3 Å². The minimum Gasteiger partial charge on any atom is -0.394 e. The zero-order chi connectivity index (χ0) is 13.5. The Bertz CT molecular complexity index is 363. The molecule has 1 saturated carbocycles. The molecule has 0 heterocycles. The second-order valence-electron chi connectivity index (χ2n) is 5.06. The maximum absolute atomic E-state index is 12.8. The lowest BCUT2D eigenvalue weighted by atomic mass is 9.76. The molecule has 0 aliphatic heterocycles. The Labute approximate surface area is 113 Å². The van der Waals surface area contributed by atoms with Crippen molar-refractivity contribution in [1.82, 2.24) is 5.32 Å². The SMILES string of the molecule is OCCOCCCNC1CC(c2ccc(F)cc2)C1. The fourth-order valence-electron chi connectivity index (χ4n) is 2.44. The third-order valence-corrected chi connectivity index (χ3v) is 3.61. The van der Waals surface area contributed by atoms with E-state index in [1.807, 2.05) is 12.1 Å². The average Bonchev–Trinajstić information content (AvgIpc) is 2.37. The number of hydrogen-bond acceptors (Lipinski definition) is 3. The van der Waals surface area contributed by atoms with Crippen LogP contribution in [0, 0.1) is 5.82 Å². The Kier molecular flexibility index (Phi) is 5.76. The summed E-state index contributed by atoms with van der Waals surface area (Å²) < 4.78 is 18.0. The number of aliphatic hydroxyl groups excluding tert-OH is 1. The Morgan fingerprint density at radius 3 is 2.63 bits per heavy atom. The van der Waals surface area contributed by atoms with Crippen LogP contribution in [0.25, 0.3) is 0 Å². The van der Waals surface area contributed by atoms with E-state index in [-0.39, 0.29) is 12.4 Å². The molecule has 0 amide bonds. The third-order valence-electron chi connectivity index (χ3n) is 3.61. The number of aliphatic hydroxyl groups is 1. The summed E-state index contributed by atoms with van der Waals surface area (Å²) in [4.78, 5) is 0. The van der Waals surface area contributed by atoms with E-state index < -0.39 is 0 Å². The van der Waals surface area contributed by atoms with Gasteiger partial charge in [-0.3, -0.25) is 0 Å². The third kappa shape index (κ3) is 4.56. The van der Waals surface area contributed by atoms with Gasteiger partial charge in [0.15, 0.2) is 0 Å². The molecule has 106 valence electrons. The highest BCUT2D eigenvalue weighted by Gasteiger charge is 2.29. The predicted octanol–water partition coefficient (Wildman–Crippen LogP) is 2.06. The largest absolute Gasteiger partial charge is 0.394 e. The first kappa shape index (κ1) is 14.4. The summed E-state index contributed by atoms with van der Waals surface area (Å²) in [6.07, 6.45) is 3.23. The van der Waals surface area contributed by atoms with Crippen molar-refractivity contribution in [2.24, 2.45) is 0 Å². The van der Waals surface area contributed by atoms with Gasteiger partial charge in [0.2, 0.25) is 0 Å². The second-order valence-corrected chi connectivity index (χ2v) is 5.06. The summed E-state index contributed by atoms with van der Waals surface area (Å²) in [7, 11) is 0. The molecule has 0 atom stereocenters. The van der Waals surface area contributed by atoms with Crippen molar-refractivity contribution in [3.8, 4) is 0 Å². The smallest absolute Gasteiger partial charge is 0.123 e. The molecule has 2 rings (SSSR count). The summed E-state index contributed by atoms with van der Waals surface area (Å²) in [5.41, 5.74) is 1.24. The molecular weight excluding hydrogens is 245 g/mol. The summed E-state index contributed by atoms with van der Waals surface area (Å²) in [6, 6.07) is 7.43. The van der Waals surface area contributed by atoms with Crippen molar-refractivity contribution in [1.29, 1.82) is 0 Å². The molecule has 2 N–H and O–H groups in total. The first-order chi connectivity index (χ1) is 9.29. The molecule has 3 nitrogen and oxygen atoms in total. The van der Waals surface area contributed by atoms with Crippen LogP contribution >= 0.6 is 0 Å². The van der Waals surface area contributed by atoms with Gasteiger partial charge >= 0.3 is 0 Å². The minimum absolute atomic E-state index is 0.0927. The van der Waals surface area contributed by atoms with Gasteiger partial charge < -0.3 is 15.2 Å². The number of halogens is 1. The van der Waals surface area contributed by atoms with E-state index in [4.69, 9.17) is 9.84 Å². The van der Waals surface area contributed by atoms with Gasteiger partial charge in [-0.05, 0) is 49.4 Å². The van der Waals surface area contributed by atoms with Crippen molar-refractivity contribution in [3.05, 3.63) is 35.6 Å². The molecular formula is C15H22FNO2. The fourth-order valence-corrected chi connectivity index (χ4v) is 2.44. The number of hydrogen-bond donors (Lipinski definition) is 2. The number of benzene rings is 1. The Hall–Kier alpha value is -0.970. The van der Waals surface area contributed by atoms with Gasteiger partial charge in [0, 0.05) is 12.6 Å². The molecule has 0 aromatic heterocycles. The van der Waals surface area contributed by atoms with Crippen LogP contribution in [0.1, 0.15) is 30.7 Å². The Morgan fingerprint density at radius 1 is 1.21 bits per heavy atom. The molecule has 19 heavy (non-hydrogen) atoms.